The summed E-state index contributed by atoms with van der Waals surface area (Å²) in [5.41, 5.74) is -1.35. The predicted molar refractivity (Wildman–Crippen MR) is 97.9 cm³/mol. The number of rotatable bonds is 7. The number of benzene rings is 1. The number of carbonyl (C=O) groups is 5. The number of hydrogen-bond acceptors (Lipinski definition) is 10. The van der Waals surface area contributed by atoms with Crippen LogP contribution < -0.4 is 0 Å². The lowest BCUT2D eigenvalue weighted by Gasteiger charge is -2.13. The van der Waals surface area contributed by atoms with E-state index in [1.807, 2.05) is 0 Å². The first kappa shape index (κ1) is 20.8. The summed E-state index contributed by atoms with van der Waals surface area (Å²) in [6.07, 6.45) is -0.783. The maximum Gasteiger partial charge on any atom is 0.340 e. The largest absolute Gasteiger partial charge is 0.449 e. The highest BCUT2D eigenvalue weighted by Gasteiger charge is 2.35. The monoisotopic (exact) mass is 413 g/mol. The summed E-state index contributed by atoms with van der Waals surface area (Å²) in [4.78, 5) is 71.1. The van der Waals surface area contributed by atoms with Crippen molar-refractivity contribution >= 4 is 29.3 Å². The number of Topliss-reactive ketones (excluding diaryl/α,β-unsaturated/α-hetero) is 1. The summed E-state index contributed by atoms with van der Waals surface area (Å²) in [7, 11) is 0. The minimum atomic E-state index is -1.65. The van der Waals surface area contributed by atoms with E-state index in [-0.39, 0.29) is 28.2 Å². The van der Waals surface area contributed by atoms with Gasteiger partial charge in [0.05, 0.1) is 5.56 Å². The highest BCUT2D eigenvalue weighted by Crippen LogP contribution is 2.30. The molecule has 1 aliphatic carbocycles. The second kappa shape index (κ2) is 7.82. The third-order valence-electron chi connectivity index (χ3n) is 4.32. The Labute approximate surface area is 169 Å². The number of fused-ring (bicyclic) bond motifs is 2. The molecule has 2 aromatic rings. The number of furan rings is 1. The van der Waals surface area contributed by atoms with Crippen molar-refractivity contribution < 1.29 is 37.9 Å². The Morgan fingerprint density at radius 3 is 2.27 bits per heavy atom. The van der Waals surface area contributed by atoms with Gasteiger partial charge in [0.2, 0.25) is 18.4 Å². The smallest absolute Gasteiger partial charge is 0.340 e. The zero-order chi connectivity index (χ0) is 22.1. The minimum Gasteiger partial charge on any atom is -0.449 e. The molecule has 10 nitrogen and oxygen atoms in total. The van der Waals surface area contributed by atoms with E-state index in [0.29, 0.717) is 0 Å². The number of nitroso groups, excluding NO2 is 1. The van der Waals surface area contributed by atoms with E-state index in [9.17, 15) is 28.9 Å². The van der Waals surface area contributed by atoms with Crippen LogP contribution >= 0.6 is 0 Å². The van der Waals surface area contributed by atoms with Gasteiger partial charge in [0.1, 0.15) is 6.42 Å². The molecular weight excluding hydrogens is 398 g/mol. The zero-order valence-electron chi connectivity index (χ0n) is 15.9. The van der Waals surface area contributed by atoms with Gasteiger partial charge in [0.25, 0.3) is 0 Å². The topological polar surface area (TPSA) is 146 Å². The van der Waals surface area contributed by atoms with Crippen molar-refractivity contribution in [1.29, 1.82) is 0 Å². The van der Waals surface area contributed by atoms with Gasteiger partial charge in [-0.15, -0.1) is 4.91 Å². The van der Waals surface area contributed by atoms with Crippen molar-refractivity contribution in [2.75, 3.05) is 6.79 Å². The summed E-state index contributed by atoms with van der Waals surface area (Å²) in [6.45, 7) is 1.62. The van der Waals surface area contributed by atoms with Gasteiger partial charge in [0, 0.05) is 11.1 Å². The highest BCUT2D eigenvalue weighted by atomic mass is 16.7. The highest BCUT2D eigenvalue weighted by molar-refractivity contribution is 6.28. The first-order valence-electron chi connectivity index (χ1n) is 8.68. The Balaban J connectivity index is 1.64. The summed E-state index contributed by atoms with van der Waals surface area (Å²) in [5, 5.41) is 2.58. The fourth-order valence-corrected chi connectivity index (χ4v) is 2.64. The van der Waals surface area contributed by atoms with Crippen LogP contribution in [0.15, 0.2) is 39.9 Å². The molecule has 0 bridgehead atoms. The van der Waals surface area contributed by atoms with Crippen LogP contribution in [0, 0.1) is 4.91 Å². The van der Waals surface area contributed by atoms with Crippen LogP contribution in [-0.4, -0.2) is 41.6 Å². The molecule has 154 valence electrons. The van der Waals surface area contributed by atoms with E-state index in [0.717, 1.165) is 6.07 Å². The third kappa shape index (κ3) is 3.79. The average Bonchev–Trinajstić information content (AvgIpc) is 3.18. The lowest BCUT2D eigenvalue weighted by molar-refractivity contribution is -0.169. The maximum atomic E-state index is 12.5. The molecule has 1 aromatic heterocycles. The van der Waals surface area contributed by atoms with Gasteiger partial charge in [-0.2, -0.15) is 0 Å². The molecule has 0 radical (unpaired) electrons. The second-order valence-electron chi connectivity index (χ2n) is 6.87. The van der Waals surface area contributed by atoms with Gasteiger partial charge in [-0.1, -0.05) is 29.4 Å². The van der Waals surface area contributed by atoms with Crippen LogP contribution in [0.5, 0.6) is 0 Å². The number of ether oxygens (including phenoxy) is 2. The number of hydrogen-bond donors (Lipinski definition) is 0. The fourth-order valence-electron chi connectivity index (χ4n) is 2.64. The lowest BCUT2D eigenvalue weighted by atomic mass is 9.88. The van der Waals surface area contributed by atoms with E-state index >= 15 is 0 Å². The van der Waals surface area contributed by atoms with Crippen LogP contribution in [0.1, 0.15) is 62.9 Å². The SMILES string of the molecule is CC(C)(N=O)C(=O)OCOC(=O)CC(=O)c1cc2c(o1)C(=O)c1ccccc1C2=O. The van der Waals surface area contributed by atoms with Gasteiger partial charge >= 0.3 is 11.9 Å². The number of ketones is 3. The van der Waals surface area contributed by atoms with Crippen molar-refractivity contribution in [3.05, 3.63) is 63.4 Å². The molecule has 0 fully saturated rings. The van der Waals surface area contributed by atoms with Gasteiger partial charge in [-0.3, -0.25) is 19.2 Å². The quantitative estimate of drug-likeness (QED) is 0.187. The molecular formula is C20H15NO9. The summed E-state index contributed by atoms with van der Waals surface area (Å²) in [5.74, 6) is -4.51. The molecule has 10 heteroatoms. The standard InChI is InChI=1S/C20H15NO9/c1-20(2,21-27)19(26)29-9-28-15(23)8-13(22)14-7-12-16(24)10-5-3-4-6-11(10)17(25)18(12)30-14/h3-7H,8-9H2,1-2H3. The molecule has 0 saturated heterocycles. The molecule has 0 spiro atoms. The van der Waals surface area contributed by atoms with Crippen molar-refractivity contribution in [2.45, 2.75) is 25.8 Å². The second-order valence-corrected chi connectivity index (χ2v) is 6.87. The fraction of sp³-hybridized carbons (Fsp3) is 0.250. The van der Waals surface area contributed by atoms with Gasteiger partial charge in [-0.25, -0.2) is 4.79 Å². The summed E-state index contributed by atoms with van der Waals surface area (Å²) >= 11 is 0. The molecule has 0 saturated carbocycles. The molecule has 1 aliphatic rings. The predicted octanol–water partition coefficient (Wildman–Crippen LogP) is 2.22. The Hall–Kier alpha value is -3.95. The number of esters is 2. The Morgan fingerprint density at radius 1 is 1.00 bits per heavy atom. The van der Waals surface area contributed by atoms with Crippen molar-refractivity contribution in [2.24, 2.45) is 5.18 Å². The minimum absolute atomic E-state index is 0.0621. The van der Waals surface area contributed by atoms with Crippen LogP contribution in [0.2, 0.25) is 0 Å². The van der Waals surface area contributed by atoms with E-state index in [2.05, 4.69) is 14.7 Å². The van der Waals surface area contributed by atoms with Gasteiger partial charge < -0.3 is 13.9 Å². The van der Waals surface area contributed by atoms with E-state index in [1.54, 1.807) is 12.1 Å². The average molecular weight is 413 g/mol. The first-order chi connectivity index (χ1) is 14.2. The Bertz CT molecular complexity index is 1040. The molecule has 0 atom stereocenters. The van der Waals surface area contributed by atoms with Crippen molar-refractivity contribution in [3.63, 3.8) is 0 Å². The molecule has 1 heterocycles. The number of carbonyl (C=O) groups excluding carboxylic acids is 5. The molecule has 0 amide bonds. The van der Waals surface area contributed by atoms with Crippen LogP contribution in [0.25, 0.3) is 0 Å². The number of nitrogens with zero attached hydrogens (tertiary/aromatic N) is 1. The molecule has 30 heavy (non-hydrogen) atoms. The van der Waals surface area contributed by atoms with Gasteiger partial charge in [-0.05, 0) is 19.9 Å². The molecule has 3 rings (SSSR count). The molecule has 0 unspecified atom stereocenters. The molecule has 0 aliphatic heterocycles. The third-order valence-corrected chi connectivity index (χ3v) is 4.32. The van der Waals surface area contributed by atoms with Crippen molar-refractivity contribution in [1.82, 2.24) is 0 Å². The van der Waals surface area contributed by atoms with Crippen LogP contribution in [0.3, 0.4) is 0 Å². The van der Waals surface area contributed by atoms with Gasteiger partial charge in [0.15, 0.2) is 22.8 Å². The Kier molecular flexibility index (Phi) is 5.41. The van der Waals surface area contributed by atoms with E-state index in [4.69, 9.17) is 4.42 Å². The lowest BCUT2D eigenvalue weighted by Crippen LogP contribution is -2.32. The van der Waals surface area contributed by atoms with E-state index < -0.39 is 48.0 Å². The van der Waals surface area contributed by atoms with Crippen molar-refractivity contribution in [3.8, 4) is 0 Å². The van der Waals surface area contributed by atoms with Crippen LogP contribution in [0.4, 0.5) is 0 Å². The molecule has 0 N–H and O–H groups in total. The van der Waals surface area contributed by atoms with Crippen LogP contribution in [-0.2, 0) is 19.1 Å². The first-order valence-corrected chi connectivity index (χ1v) is 8.68. The summed E-state index contributed by atoms with van der Waals surface area (Å²) in [6, 6.07) is 7.28. The normalized spacial score (nSPS) is 12.6. The zero-order valence-corrected chi connectivity index (χ0v) is 15.9. The Morgan fingerprint density at radius 2 is 1.63 bits per heavy atom. The van der Waals surface area contributed by atoms with E-state index in [1.165, 1.54) is 26.0 Å². The maximum absolute atomic E-state index is 12.5. The molecule has 1 aromatic carbocycles. The summed E-state index contributed by atoms with van der Waals surface area (Å²) < 4.78 is 14.5.